The standard InChI is InChI=1S/C30H27N7O6S2/c1-43-23-9-6-21(7-10-23)35-15-17-36(18-16-35)29(38)25-3-2-14-31-28(25)32-20-4-11-24(12-5-20)45(41,42)34-30-33-26-13-8-22(37(39)40)19-27(26)44-30/h2-14,19H,15-18H2,1H3,(H,31,32)(H,33,34). The SMILES string of the molecule is COc1ccc(N2CCN(C(=O)c3cccnc3Nc3ccc(S(=O)(=O)Nc4nc5ccc([N+](=O)[O-])cc5s4)cc3)CC2)cc1. The van der Waals surface area contributed by atoms with Crippen molar-refractivity contribution < 1.29 is 22.9 Å². The Labute approximate surface area is 262 Å². The number of anilines is 4. The summed E-state index contributed by atoms with van der Waals surface area (Å²) in [5.41, 5.74) is 2.36. The highest BCUT2D eigenvalue weighted by atomic mass is 32.2. The van der Waals surface area contributed by atoms with Crippen LogP contribution in [0.2, 0.25) is 0 Å². The van der Waals surface area contributed by atoms with E-state index >= 15 is 0 Å². The van der Waals surface area contributed by atoms with Crippen molar-refractivity contribution in [2.75, 3.05) is 48.2 Å². The minimum Gasteiger partial charge on any atom is -0.497 e. The number of hydrogen-bond donors (Lipinski definition) is 2. The number of nitrogens with one attached hydrogen (secondary N) is 2. The smallest absolute Gasteiger partial charge is 0.270 e. The van der Waals surface area contributed by atoms with Crippen LogP contribution in [0, 0.1) is 10.1 Å². The maximum absolute atomic E-state index is 13.5. The molecule has 2 aromatic heterocycles. The Kier molecular flexibility index (Phi) is 8.19. The fourth-order valence-electron chi connectivity index (χ4n) is 4.91. The number of amides is 1. The molecule has 0 spiro atoms. The number of non-ortho nitro benzene ring substituents is 1. The highest BCUT2D eigenvalue weighted by Crippen LogP contribution is 2.31. The van der Waals surface area contributed by atoms with E-state index in [1.54, 1.807) is 42.5 Å². The van der Waals surface area contributed by atoms with Crippen LogP contribution in [0.3, 0.4) is 0 Å². The number of piperazine rings is 1. The van der Waals surface area contributed by atoms with Crippen LogP contribution in [0.4, 0.5) is 28.0 Å². The summed E-state index contributed by atoms with van der Waals surface area (Å²) in [7, 11) is -2.36. The zero-order valence-electron chi connectivity index (χ0n) is 23.9. The van der Waals surface area contributed by atoms with Crippen molar-refractivity contribution in [2.24, 2.45) is 0 Å². The van der Waals surface area contributed by atoms with Gasteiger partial charge in [-0.25, -0.2) is 18.4 Å². The van der Waals surface area contributed by atoms with E-state index in [9.17, 15) is 23.3 Å². The third-order valence-electron chi connectivity index (χ3n) is 7.27. The molecule has 5 aromatic rings. The van der Waals surface area contributed by atoms with Crippen molar-refractivity contribution in [3.63, 3.8) is 0 Å². The van der Waals surface area contributed by atoms with Gasteiger partial charge in [0.1, 0.15) is 11.6 Å². The number of rotatable bonds is 9. The second-order valence-corrected chi connectivity index (χ2v) is 12.8. The number of aromatic nitrogens is 2. The van der Waals surface area contributed by atoms with E-state index in [2.05, 4.69) is 24.9 Å². The molecule has 0 unspecified atom stereocenters. The summed E-state index contributed by atoms with van der Waals surface area (Å²) in [6.07, 6.45) is 1.58. The normalized spacial score (nSPS) is 13.4. The van der Waals surface area contributed by atoms with Gasteiger partial charge in [-0.1, -0.05) is 11.3 Å². The second kappa shape index (κ2) is 12.4. The molecule has 1 fully saturated rings. The van der Waals surface area contributed by atoms with Gasteiger partial charge in [-0.15, -0.1) is 0 Å². The van der Waals surface area contributed by atoms with Crippen molar-refractivity contribution in [1.82, 2.24) is 14.9 Å². The fraction of sp³-hybridized carbons (Fsp3) is 0.167. The van der Waals surface area contributed by atoms with Crippen molar-refractivity contribution in [2.45, 2.75) is 4.90 Å². The van der Waals surface area contributed by atoms with Crippen LogP contribution in [0.15, 0.2) is 90.0 Å². The zero-order valence-corrected chi connectivity index (χ0v) is 25.5. The van der Waals surface area contributed by atoms with Crippen molar-refractivity contribution in [3.8, 4) is 5.75 Å². The average Bonchev–Trinajstić information content (AvgIpc) is 3.46. The fourth-order valence-corrected chi connectivity index (χ4v) is 7.04. The molecule has 1 aliphatic heterocycles. The quantitative estimate of drug-likeness (QED) is 0.163. The first-order chi connectivity index (χ1) is 21.7. The van der Waals surface area contributed by atoms with Crippen LogP contribution >= 0.6 is 11.3 Å². The van der Waals surface area contributed by atoms with E-state index in [4.69, 9.17) is 4.74 Å². The summed E-state index contributed by atoms with van der Waals surface area (Å²) in [6, 6.07) is 21.4. The van der Waals surface area contributed by atoms with E-state index in [-0.39, 0.29) is 21.6 Å². The van der Waals surface area contributed by atoms with Crippen molar-refractivity contribution >= 4 is 65.5 Å². The van der Waals surface area contributed by atoms with E-state index in [0.29, 0.717) is 53.5 Å². The molecular formula is C30H27N7O6S2. The van der Waals surface area contributed by atoms with Gasteiger partial charge in [0, 0.05) is 55.9 Å². The number of fused-ring (bicyclic) bond motifs is 1. The Morgan fingerprint density at radius 1 is 1.00 bits per heavy atom. The number of carbonyl (C=O) groups is 1. The van der Waals surface area contributed by atoms with Gasteiger partial charge in [0.25, 0.3) is 21.6 Å². The molecule has 2 N–H and O–H groups in total. The molecular weight excluding hydrogens is 619 g/mol. The number of nitrogens with zero attached hydrogens (tertiary/aromatic N) is 5. The van der Waals surface area contributed by atoms with Gasteiger partial charge in [0.15, 0.2) is 5.13 Å². The zero-order chi connectivity index (χ0) is 31.6. The lowest BCUT2D eigenvalue weighted by atomic mass is 10.2. The maximum Gasteiger partial charge on any atom is 0.270 e. The molecule has 230 valence electrons. The number of sulfonamides is 1. The molecule has 0 atom stereocenters. The molecule has 0 aliphatic carbocycles. The molecule has 3 aromatic carbocycles. The molecule has 0 radical (unpaired) electrons. The minimum atomic E-state index is -3.99. The van der Waals surface area contributed by atoms with Gasteiger partial charge in [-0.2, -0.15) is 0 Å². The van der Waals surface area contributed by atoms with Gasteiger partial charge in [-0.05, 0) is 66.7 Å². The Morgan fingerprint density at radius 3 is 2.42 bits per heavy atom. The molecule has 15 heteroatoms. The number of nitro benzene ring substituents is 1. The average molecular weight is 646 g/mol. The first-order valence-corrected chi connectivity index (χ1v) is 16.1. The Bertz CT molecular complexity index is 1970. The molecule has 1 amide bonds. The lowest BCUT2D eigenvalue weighted by Gasteiger charge is -2.36. The van der Waals surface area contributed by atoms with Crippen LogP contribution in [-0.2, 0) is 10.0 Å². The number of nitro groups is 1. The summed E-state index contributed by atoms with van der Waals surface area (Å²) < 4.78 is 34.2. The van der Waals surface area contributed by atoms with E-state index in [1.807, 2.05) is 24.3 Å². The molecule has 6 rings (SSSR count). The van der Waals surface area contributed by atoms with Crippen molar-refractivity contribution in [3.05, 3.63) is 101 Å². The first-order valence-electron chi connectivity index (χ1n) is 13.8. The third kappa shape index (κ3) is 6.49. The van der Waals surface area contributed by atoms with Gasteiger partial charge < -0.3 is 19.9 Å². The van der Waals surface area contributed by atoms with E-state index in [0.717, 1.165) is 22.8 Å². The minimum absolute atomic E-state index is 0.00895. The van der Waals surface area contributed by atoms with E-state index < -0.39 is 14.9 Å². The number of hydrogen-bond acceptors (Lipinski definition) is 11. The second-order valence-electron chi connectivity index (χ2n) is 10.1. The number of thiazole rings is 1. The Hall–Kier alpha value is -5.28. The number of carbonyl (C=O) groups excluding carboxylic acids is 1. The van der Waals surface area contributed by atoms with Gasteiger partial charge >= 0.3 is 0 Å². The number of pyridine rings is 1. The summed E-state index contributed by atoms with van der Waals surface area (Å²) >= 11 is 1.00. The molecule has 0 bridgehead atoms. The Morgan fingerprint density at radius 2 is 1.73 bits per heavy atom. The largest absolute Gasteiger partial charge is 0.497 e. The summed E-state index contributed by atoms with van der Waals surface area (Å²) in [5, 5.41) is 14.3. The Balaban J connectivity index is 1.11. The van der Waals surface area contributed by atoms with Crippen LogP contribution < -0.4 is 19.7 Å². The predicted molar refractivity (Wildman–Crippen MR) is 172 cm³/mol. The first kappa shape index (κ1) is 29.8. The van der Waals surface area contributed by atoms with Crippen LogP contribution in [0.25, 0.3) is 10.2 Å². The molecule has 13 nitrogen and oxygen atoms in total. The lowest BCUT2D eigenvalue weighted by molar-refractivity contribution is -0.384. The number of methoxy groups -OCH3 is 1. The molecule has 3 heterocycles. The highest BCUT2D eigenvalue weighted by molar-refractivity contribution is 7.93. The highest BCUT2D eigenvalue weighted by Gasteiger charge is 2.25. The van der Waals surface area contributed by atoms with Crippen molar-refractivity contribution in [1.29, 1.82) is 0 Å². The van der Waals surface area contributed by atoms with Crippen LogP contribution in [-0.4, -0.2) is 67.4 Å². The lowest BCUT2D eigenvalue weighted by Crippen LogP contribution is -2.48. The van der Waals surface area contributed by atoms with E-state index in [1.165, 1.54) is 30.3 Å². The molecule has 1 saturated heterocycles. The maximum atomic E-state index is 13.5. The summed E-state index contributed by atoms with van der Waals surface area (Å²) in [5.74, 6) is 1.00. The van der Waals surface area contributed by atoms with Gasteiger partial charge in [0.05, 0.1) is 32.7 Å². The predicted octanol–water partition coefficient (Wildman–Crippen LogP) is 5.11. The monoisotopic (exact) mass is 645 g/mol. The third-order valence-corrected chi connectivity index (χ3v) is 9.69. The topological polar surface area (TPSA) is 160 Å². The molecule has 45 heavy (non-hydrogen) atoms. The number of ether oxygens (including phenoxy) is 1. The number of benzene rings is 3. The summed E-state index contributed by atoms with van der Waals surface area (Å²) in [4.78, 5) is 36.6. The molecule has 0 saturated carbocycles. The van der Waals surface area contributed by atoms with Gasteiger partial charge in [0.2, 0.25) is 0 Å². The van der Waals surface area contributed by atoms with Crippen LogP contribution in [0.5, 0.6) is 5.75 Å². The molecule has 1 aliphatic rings. The summed E-state index contributed by atoms with van der Waals surface area (Å²) in [6.45, 7) is 2.46. The van der Waals surface area contributed by atoms with Gasteiger partial charge in [-0.3, -0.25) is 19.6 Å². The van der Waals surface area contributed by atoms with Crippen LogP contribution in [0.1, 0.15) is 10.4 Å².